The lowest BCUT2D eigenvalue weighted by Gasteiger charge is -2.23. The molecule has 3 rings (SSSR count). The minimum Gasteiger partial charge on any atom is -0.468 e. The maximum atomic E-state index is 11.6. The van der Waals surface area contributed by atoms with Gasteiger partial charge in [0.25, 0.3) is 12.9 Å². The number of hydrogen-bond acceptors (Lipinski definition) is 14. The van der Waals surface area contributed by atoms with Crippen LogP contribution in [0.4, 0.5) is 0 Å². The summed E-state index contributed by atoms with van der Waals surface area (Å²) in [6, 6.07) is 17.8. The number of aldehydes is 1. The molecule has 0 N–H and O–H groups in total. The molecule has 0 radical (unpaired) electrons. The fourth-order valence-electron chi connectivity index (χ4n) is 4.24. The molecule has 2 aromatic rings. The van der Waals surface area contributed by atoms with Crippen molar-refractivity contribution in [3.63, 3.8) is 0 Å². The zero-order valence-corrected chi connectivity index (χ0v) is 33.4. The first kappa shape index (κ1) is 51.6. The molecule has 17 heteroatoms. The first-order chi connectivity index (χ1) is 25.9. The Bertz CT molecular complexity index is 1100. The first-order valence-corrected chi connectivity index (χ1v) is 20.3. The van der Waals surface area contributed by atoms with Gasteiger partial charge in [-0.2, -0.15) is 0 Å². The van der Waals surface area contributed by atoms with Crippen LogP contribution < -0.4 is 9.05 Å². The Balaban J connectivity index is -0.000000771. The molecule has 298 valence electrons. The number of hydrogen-bond donors (Lipinski definition) is 0. The summed E-state index contributed by atoms with van der Waals surface area (Å²) in [5, 5.41) is 0. The summed E-state index contributed by atoms with van der Waals surface area (Å²) >= 11 is 0. The van der Waals surface area contributed by atoms with Gasteiger partial charge in [0.1, 0.15) is 26.3 Å². The summed E-state index contributed by atoms with van der Waals surface area (Å²) in [4.78, 5) is 36.2. The SMILES string of the molecule is C=O.CC1CCC(OP=O)CC1.CC=O.O=COCCCCCCOC=O.O=[P+](OCCCCCCO[P+](=O)Oc1ccccc1)Oc1ccccc1.[HH]. The second-order valence-corrected chi connectivity index (χ2v) is 13.1. The van der Waals surface area contributed by atoms with E-state index in [4.69, 9.17) is 32.2 Å². The summed E-state index contributed by atoms with van der Waals surface area (Å²) in [5.74, 6) is 1.89. The van der Waals surface area contributed by atoms with E-state index in [1.807, 2.05) is 18.9 Å². The Morgan fingerprint density at radius 2 is 1.02 bits per heavy atom. The van der Waals surface area contributed by atoms with Crippen molar-refractivity contribution in [1.29, 1.82) is 0 Å². The molecule has 0 aliphatic heterocycles. The molecule has 0 amide bonds. The van der Waals surface area contributed by atoms with E-state index in [-0.39, 0.29) is 16.2 Å². The average Bonchev–Trinajstić information content (AvgIpc) is 3.17. The number of para-hydroxylation sites is 2. The lowest BCUT2D eigenvalue weighted by atomic mass is 9.89. The number of carbonyl (C=O) groups excluding carboxylic acids is 4. The Morgan fingerprint density at radius 3 is 1.36 bits per heavy atom. The molecule has 2 atom stereocenters. The fourth-order valence-corrected chi connectivity index (χ4v) is 5.82. The van der Waals surface area contributed by atoms with Crippen LogP contribution in [0.25, 0.3) is 0 Å². The van der Waals surface area contributed by atoms with Gasteiger partial charge in [-0.05, 0) is 101 Å². The molecule has 1 aliphatic carbocycles. The molecule has 0 heterocycles. The third kappa shape index (κ3) is 36.6. The van der Waals surface area contributed by atoms with Crippen molar-refractivity contribution in [3.8, 4) is 11.5 Å². The Kier molecular flexibility index (Phi) is 40.2. The number of benzene rings is 2. The average molecular weight is 807 g/mol. The quantitative estimate of drug-likeness (QED) is 0.0554. The largest absolute Gasteiger partial charge is 0.750 e. The van der Waals surface area contributed by atoms with E-state index in [1.165, 1.54) is 19.8 Å². The molecule has 0 saturated heterocycles. The highest BCUT2D eigenvalue weighted by molar-refractivity contribution is 7.34. The van der Waals surface area contributed by atoms with Crippen LogP contribution in [0, 0.1) is 5.92 Å². The van der Waals surface area contributed by atoms with Gasteiger partial charge in [-0.15, -0.1) is 9.05 Å². The molecule has 53 heavy (non-hydrogen) atoms. The van der Waals surface area contributed by atoms with Crippen LogP contribution in [0.2, 0.25) is 0 Å². The van der Waals surface area contributed by atoms with Gasteiger partial charge in [-0.25, -0.2) is 13.6 Å². The summed E-state index contributed by atoms with van der Waals surface area (Å²) in [6.45, 7) is 8.31. The zero-order valence-electron chi connectivity index (χ0n) is 30.7. The van der Waals surface area contributed by atoms with E-state index in [0.717, 1.165) is 76.4 Å². The zero-order chi connectivity index (χ0) is 39.6. The highest BCUT2D eigenvalue weighted by Crippen LogP contribution is 2.29. The van der Waals surface area contributed by atoms with Crippen LogP contribution in [-0.4, -0.2) is 58.6 Å². The van der Waals surface area contributed by atoms with Crippen molar-refractivity contribution >= 4 is 51.2 Å². The molecule has 1 fully saturated rings. The third-order valence-electron chi connectivity index (χ3n) is 6.84. The summed E-state index contributed by atoms with van der Waals surface area (Å²) in [6.07, 6.45) is 12.7. The van der Waals surface area contributed by atoms with Crippen molar-refractivity contribution in [2.75, 3.05) is 26.4 Å². The van der Waals surface area contributed by atoms with Crippen molar-refractivity contribution in [2.24, 2.45) is 5.92 Å². The monoisotopic (exact) mass is 806 g/mol. The molecule has 2 unspecified atom stereocenters. The lowest BCUT2D eigenvalue weighted by Crippen LogP contribution is -2.16. The van der Waals surface area contributed by atoms with E-state index < -0.39 is 16.5 Å². The van der Waals surface area contributed by atoms with Gasteiger partial charge in [-0.3, -0.25) is 14.1 Å². The van der Waals surface area contributed by atoms with Crippen LogP contribution in [0.15, 0.2) is 60.7 Å². The van der Waals surface area contributed by atoms with Crippen molar-refractivity contribution in [3.05, 3.63) is 60.7 Å². The topological polar surface area (TPSA) is 184 Å². The predicted octanol–water partition coefficient (Wildman–Crippen LogP) is 10.0. The summed E-state index contributed by atoms with van der Waals surface area (Å²) < 4.78 is 67.8. The minimum atomic E-state index is -2.15. The highest BCUT2D eigenvalue weighted by Gasteiger charge is 2.22. The van der Waals surface area contributed by atoms with Crippen LogP contribution in [0.1, 0.15) is 92.3 Å². The maximum Gasteiger partial charge on any atom is 0.750 e. The van der Waals surface area contributed by atoms with Gasteiger partial charge in [0.15, 0.2) is 11.5 Å². The van der Waals surface area contributed by atoms with Gasteiger partial charge < -0.3 is 19.1 Å². The van der Waals surface area contributed by atoms with Gasteiger partial charge in [0, 0.05) is 10.6 Å². The van der Waals surface area contributed by atoms with Crippen LogP contribution in [-0.2, 0) is 55.9 Å². The number of carbonyl (C=O) groups is 4. The Morgan fingerprint density at radius 1 is 0.660 bits per heavy atom. The first-order valence-electron chi connectivity index (χ1n) is 17.3. The third-order valence-corrected chi connectivity index (χ3v) is 8.73. The maximum absolute atomic E-state index is 11.6. The number of unbranched alkanes of at least 4 members (excludes halogenated alkanes) is 6. The molecular weight excluding hydrogens is 749 g/mol. The lowest BCUT2D eigenvalue weighted by molar-refractivity contribution is -0.129. The predicted molar refractivity (Wildman–Crippen MR) is 203 cm³/mol. The van der Waals surface area contributed by atoms with E-state index in [0.29, 0.717) is 50.9 Å². The second-order valence-electron chi connectivity index (χ2n) is 11.0. The summed E-state index contributed by atoms with van der Waals surface area (Å²) in [7, 11) is -4.45. The van der Waals surface area contributed by atoms with Crippen molar-refractivity contribution in [1.82, 2.24) is 0 Å². The minimum absolute atomic E-state index is 0. The molecule has 1 aliphatic rings. The molecule has 2 aromatic carbocycles. The van der Waals surface area contributed by atoms with Crippen LogP contribution >= 0.6 is 25.2 Å². The number of ether oxygens (including phenoxy) is 2. The van der Waals surface area contributed by atoms with Crippen LogP contribution in [0.3, 0.4) is 0 Å². The summed E-state index contributed by atoms with van der Waals surface area (Å²) in [5.41, 5.74) is 0. The van der Waals surface area contributed by atoms with E-state index in [9.17, 15) is 23.3 Å². The smallest absolute Gasteiger partial charge is 0.468 e. The molecule has 1 saturated carbocycles. The fraction of sp³-hybridized carbons (Fsp3) is 0.556. The van der Waals surface area contributed by atoms with Crippen molar-refractivity contribution < 1.29 is 66.4 Å². The molecule has 14 nitrogen and oxygen atoms in total. The van der Waals surface area contributed by atoms with E-state index >= 15 is 0 Å². The van der Waals surface area contributed by atoms with Gasteiger partial charge in [0.2, 0.25) is 0 Å². The van der Waals surface area contributed by atoms with Gasteiger partial charge in [0.05, 0.1) is 19.3 Å². The molecular formula is C36H57O14P3+2. The highest BCUT2D eigenvalue weighted by atomic mass is 31.1. The molecule has 0 spiro atoms. The molecule has 0 aromatic heterocycles. The normalized spacial score (nSPS) is 14.6. The van der Waals surface area contributed by atoms with E-state index in [1.54, 1.807) is 48.5 Å². The molecule has 0 bridgehead atoms. The van der Waals surface area contributed by atoms with E-state index in [2.05, 4.69) is 16.4 Å². The van der Waals surface area contributed by atoms with Crippen LogP contribution in [0.5, 0.6) is 11.5 Å². The Hall–Kier alpha value is -3.50. The van der Waals surface area contributed by atoms with Gasteiger partial charge >= 0.3 is 25.2 Å². The Labute approximate surface area is 318 Å². The number of rotatable bonds is 24. The standard InChI is InChI=1S/C18H22O6P2.C8H14O4.C7H13O2P.C2H4O.CH2O.H2/c19-25(23-17-11-5-3-6-12-17)21-15-9-1-2-10-16-22-26(20)24-18-13-7-4-8-14-18;9-7-11-5-3-1-2-4-6-12-8-10;1-6-2-4-7(5-3-6)9-10-8;1-2-3;1-2;/h3-8,11-14H,1-2,9-10,15-16H2;7-8H,1-6H2;6-7H,2-5H2,1H3;2H,1H3;1H2;1H/q+2;;;;;. The second kappa shape index (κ2) is 41.3. The van der Waals surface area contributed by atoms with Crippen molar-refractivity contribution in [2.45, 2.75) is 97.0 Å². The van der Waals surface area contributed by atoms with Gasteiger partial charge in [-0.1, -0.05) is 56.2 Å².